The molecule has 23 heavy (non-hydrogen) atoms. The molecule has 2 rings (SSSR count). The molecule has 0 aromatic heterocycles. The molecule has 0 unspecified atom stereocenters. The van der Waals surface area contributed by atoms with Crippen molar-refractivity contribution in [3.63, 3.8) is 0 Å². The lowest BCUT2D eigenvalue weighted by Gasteiger charge is -2.31. The number of carbonyl (C=O) groups excluding carboxylic acids is 1. The van der Waals surface area contributed by atoms with Crippen LogP contribution >= 0.6 is 0 Å². The van der Waals surface area contributed by atoms with Gasteiger partial charge in [-0.1, -0.05) is 30.3 Å². The van der Waals surface area contributed by atoms with Crippen LogP contribution in [0, 0.1) is 0 Å². The Morgan fingerprint density at radius 2 is 1.96 bits per heavy atom. The predicted octanol–water partition coefficient (Wildman–Crippen LogP) is 1.61. The van der Waals surface area contributed by atoms with Gasteiger partial charge in [-0.2, -0.15) is 12.7 Å². The number of nitrogens with zero attached hydrogens (tertiary/aromatic N) is 1. The lowest BCUT2D eigenvalue weighted by Crippen LogP contribution is -2.51. The topological polar surface area (TPSA) is 89.7 Å². The minimum Gasteiger partial charge on any atom is -0.464 e. The smallest absolute Gasteiger partial charge is 0.324 e. The molecule has 1 fully saturated rings. The molecule has 0 spiro atoms. The van der Waals surface area contributed by atoms with Gasteiger partial charge in [0, 0.05) is 6.54 Å². The van der Waals surface area contributed by atoms with E-state index in [4.69, 9.17) is 9.88 Å². The van der Waals surface area contributed by atoms with Crippen LogP contribution < -0.4 is 5.14 Å². The van der Waals surface area contributed by atoms with Gasteiger partial charge in [-0.15, -0.1) is 0 Å². The lowest BCUT2D eigenvalue weighted by molar-refractivity contribution is -0.149. The molecule has 1 aromatic carbocycles. The molecule has 0 bridgehead atoms. The number of aryl methyl sites for hydroxylation is 1. The summed E-state index contributed by atoms with van der Waals surface area (Å²) in [4.78, 5) is 12.1. The van der Waals surface area contributed by atoms with E-state index in [1.165, 1.54) is 5.56 Å². The van der Waals surface area contributed by atoms with Crippen LogP contribution in [0.15, 0.2) is 30.3 Å². The van der Waals surface area contributed by atoms with Crippen molar-refractivity contribution in [1.82, 2.24) is 4.31 Å². The van der Waals surface area contributed by atoms with E-state index in [0.717, 1.165) is 36.4 Å². The van der Waals surface area contributed by atoms with E-state index in [1.54, 1.807) is 0 Å². The summed E-state index contributed by atoms with van der Waals surface area (Å²) >= 11 is 0. The Bertz CT molecular complexity index is 604. The molecule has 0 radical (unpaired) electrons. The molecule has 1 atom stereocenters. The summed E-state index contributed by atoms with van der Waals surface area (Å²) in [5.74, 6) is -0.488. The minimum atomic E-state index is -3.86. The number of piperidine rings is 1. The number of hydrogen-bond acceptors (Lipinski definition) is 4. The molecule has 1 saturated heterocycles. The minimum absolute atomic E-state index is 0.284. The quantitative estimate of drug-likeness (QED) is 0.603. The summed E-state index contributed by atoms with van der Waals surface area (Å²) in [7, 11) is -3.86. The SMILES string of the molecule is NS(=O)(=O)N1CCCC[C@H]1C(=O)OCCCCc1ccccc1. The molecule has 2 N–H and O–H groups in total. The highest BCUT2D eigenvalue weighted by atomic mass is 32.2. The van der Waals surface area contributed by atoms with Crippen LogP contribution in [0.4, 0.5) is 0 Å². The van der Waals surface area contributed by atoms with E-state index in [9.17, 15) is 13.2 Å². The zero-order valence-corrected chi connectivity index (χ0v) is 14.0. The molecule has 0 saturated carbocycles. The van der Waals surface area contributed by atoms with E-state index in [-0.39, 0.29) is 6.54 Å². The maximum Gasteiger partial charge on any atom is 0.324 e. The van der Waals surface area contributed by atoms with Crippen LogP contribution in [0.1, 0.15) is 37.7 Å². The average molecular weight is 340 g/mol. The van der Waals surface area contributed by atoms with Gasteiger partial charge in [-0.25, -0.2) is 5.14 Å². The molecular weight excluding hydrogens is 316 g/mol. The van der Waals surface area contributed by atoms with Gasteiger partial charge in [0.25, 0.3) is 10.2 Å². The molecule has 0 amide bonds. The van der Waals surface area contributed by atoms with E-state index in [1.807, 2.05) is 18.2 Å². The van der Waals surface area contributed by atoms with E-state index >= 15 is 0 Å². The van der Waals surface area contributed by atoms with Crippen molar-refractivity contribution in [3.8, 4) is 0 Å². The second-order valence-electron chi connectivity index (χ2n) is 5.78. The van der Waals surface area contributed by atoms with Crippen molar-refractivity contribution in [2.24, 2.45) is 5.14 Å². The number of unbranched alkanes of at least 4 members (excludes halogenated alkanes) is 1. The van der Waals surface area contributed by atoms with Gasteiger partial charge in [0.15, 0.2) is 0 Å². The van der Waals surface area contributed by atoms with Gasteiger partial charge in [-0.05, 0) is 44.1 Å². The first kappa shape index (κ1) is 17.9. The summed E-state index contributed by atoms with van der Waals surface area (Å²) in [6.07, 6.45) is 4.60. The van der Waals surface area contributed by atoms with Crippen LogP contribution in [-0.4, -0.2) is 37.9 Å². The third-order valence-electron chi connectivity index (χ3n) is 4.00. The Kier molecular flexibility index (Phi) is 6.56. The molecule has 6 nitrogen and oxygen atoms in total. The maximum atomic E-state index is 12.1. The number of ether oxygens (including phenoxy) is 1. The largest absolute Gasteiger partial charge is 0.464 e. The standard InChI is InChI=1S/C16H24N2O4S/c17-23(20,21)18-12-6-4-11-15(18)16(19)22-13-7-5-10-14-8-2-1-3-9-14/h1-3,8-9,15H,4-7,10-13H2,(H2,17,20,21)/t15-/m0/s1. The number of esters is 1. The number of hydrogen-bond donors (Lipinski definition) is 1. The zero-order valence-electron chi connectivity index (χ0n) is 13.2. The number of benzene rings is 1. The number of rotatable bonds is 7. The molecular formula is C16H24N2O4S. The van der Waals surface area contributed by atoms with Crippen molar-refractivity contribution in [1.29, 1.82) is 0 Å². The highest BCUT2D eigenvalue weighted by molar-refractivity contribution is 7.86. The highest BCUT2D eigenvalue weighted by Crippen LogP contribution is 2.20. The van der Waals surface area contributed by atoms with Crippen molar-refractivity contribution in [3.05, 3.63) is 35.9 Å². The molecule has 0 aliphatic carbocycles. The van der Waals surface area contributed by atoms with E-state index < -0.39 is 22.2 Å². The molecule has 7 heteroatoms. The Balaban J connectivity index is 1.73. The summed E-state index contributed by atoms with van der Waals surface area (Å²) in [5.41, 5.74) is 1.26. The van der Waals surface area contributed by atoms with E-state index in [2.05, 4.69) is 12.1 Å². The second-order valence-corrected chi connectivity index (χ2v) is 7.28. The third-order valence-corrected chi connectivity index (χ3v) is 5.09. The molecule has 1 aliphatic heterocycles. The van der Waals surface area contributed by atoms with Gasteiger partial charge in [0.2, 0.25) is 0 Å². The fourth-order valence-corrected chi connectivity index (χ4v) is 3.72. The number of nitrogens with two attached hydrogens (primary N) is 1. The van der Waals surface area contributed by atoms with Crippen molar-refractivity contribution in [2.45, 2.75) is 44.6 Å². The van der Waals surface area contributed by atoms with Gasteiger partial charge in [0.1, 0.15) is 6.04 Å². The third kappa shape index (κ3) is 5.60. The predicted molar refractivity (Wildman–Crippen MR) is 87.8 cm³/mol. The van der Waals surface area contributed by atoms with Gasteiger partial charge in [-0.3, -0.25) is 4.79 Å². The molecule has 1 aromatic rings. The first-order chi connectivity index (χ1) is 11.0. The van der Waals surface area contributed by atoms with Crippen molar-refractivity contribution >= 4 is 16.2 Å². The fourth-order valence-electron chi connectivity index (χ4n) is 2.79. The van der Waals surface area contributed by atoms with Crippen LogP contribution in [0.5, 0.6) is 0 Å². The Hall–Kier alpha value is -1.44. The van der Waals surface area contributed by atoms with Crippen LogP contribution in [0.3, 0.4) is 0 Å². The molecule has 128 valence electrons. The molecule has 1 aliphatic rings. The Morgan fingerprint density at radius 1 is 1.22 bits per heavy atom. The number of carbonyl (C=O) groups is 1. The summed E-state index contributed by atoms with van der Waals surface area (Å²) < 4.78 is 29.4. The summed E-state index contributed by atoms with van der Waals surface area (Å²) in [6, 6.07) is 9.34. The maximum absolute atomic E-state index is 12.1. The van der Waals surface area contributed by atoms with Crippen molar-refractivity contribution in [2.75, 3.05) is 13.2 Å². The van der Waals surface area contributed by atoms with Gasteiger partial charge < -0.3 is 4.74 Å². The molecule has 1 heterocycles. The Morgan fingerprint density at radius 3 is 2.65 bits per heavy atom. The van der Waals surface area contributed by atoms with Gasteiger partial charge >= 0.3 is 5.97 Å². The average Bonchev–Trinajstić information content (AvgIpc) is 2.54. The highest BCUT2D eigenvalue weighted by Gasteiger charge is 2.35. The monoisotopic (exact) mass is 340 g/mol. The summed E-state index contributed by atoms with van der Waals surface area (Å²) in [6.45, 7) is 0.591. The lowest BCUT2D eigenvalue weighted by atomic mass is 10.1. The normalized spacial score (nSPS) is 19.4. The van der Waals surface area contributed by atoms with E-state index in [0.29, 0.717) is 13.0 Å². The van der Waals surface area contributed by atoms with Crippen LogP contribution in [0.2, 0.25) is 0 Å². The first-order valence-electron chi connectivity index (χ1n) is 7.98. The Labute approximate surface area is 137 Å². The summed E-state index contributed by atoms with van der Waals surface area (Å²) in [5, 5.41) is 5.17. The second kappa shape index (κ2) is 8.42. The van der Waals surface area contributed by atoms with Crippen molar-refractivity contribution < 1.29 is 17.9 Å². The fraction of sp³-hybridized carbons (Fsp3) is 0.562. The van der Waals surface area contributed by atoms with Crippen LogP contribution in [0.25, 0.3) is 0 Å². The van der Waals surface area contributed by atoms with Crippen LogP contribution in [-0.2, 0) is 26.2 Å². The first-order valence-corrected chi connectivity index (χ1v) is 9.49. The zero-order chi connectivity index (χ0) is 16.7. The van der Waals surface area contributed by atoms with Gasteiger partial charge in [0.05, 0.1) is 6.61 Å².